The number of hydrogen-bond donors (Lipinski definition) is 2. The van der Waals surface area contributed by atoms with Crippen LogP contribution in [-0.2, 0) is 4.79 Å². The number of para-hydroxylation sites is 2. The van der Waals surface area contributed by atoms with Gasteiger partial charge in [-0.3, -0.25) is 0 Å². The van der Waals surface area contributed by atoms with Crippen LogP contribution in [-0.4, -0.2) is 35.1 Å². The molecule has 2 amide bonds. The van der Waals surface area contributed by atoms with E-state index in [4.69, 9.17) is 12.5 Å². The van der Waals surface area contributed by atoms with Crippen molar-refractivity contribution in [1.82, 2.24) is 9.88 Å². The fraction of sp³-hybridized carbons (Fsp3) is 0.0476. The van der Waals surface area contributed by atoms with E-state index in [9.17, 15) is 19.5 Å². The van der Waals surface area contributed by atoms with Crippen LogP contribution in [0.4, 0.5) is 0 Å². The van der Waals surface area contributed by atoms with Crippen LogP contribution in [0.25, 0.3) is 16.3 Å². The van der Waals surface area contributed by atoms with E-state index < -0.39 is 29.3 Å². The van der Waals surface area contributed by atoms with Crippen LogP contribution in [0.15, 0.2) is 53.7 Å². The average molecular weight is 551 g/mol. The average Bonchev–Trinajstić information content (AvgIpc) is 2.76. The van der Waals surface area contributed by atoms with Gasteiger partial charge in [0.1, 0.15) is 0 Å². The first-order chi connectivity index (χ1) is 15.3. The number of benzene rings is 2. The molecule has 3 heterocycles. The summed E-state index contributed by atoms with van der Waals surface area (Å²) in [5, 5.41) is 15.0. The van der Waals surface area contributed by atoms with Crippen molar-refractivity contribution in [2.24, 2.45) is 9.98 Å². The molecule has 0 bridgehead atoms. The van der Waals surface area contributed by atoms with E-state index in [1.54, 1.807) is 24.3 Å². The van der Waals surface area contributed by atoms with Crippen molar-refractivity contribution in [3.8, 4) is 5.88 Å². The third kappa shape index (κ3) is 2.22. The minimum atomic E-state index is -0.887. The third-order valence-corrected chi connectivity index (χ3v) is 7.93. The second kappa shape index (κ2) is 6.42. The molecule has 2 aliphatic heterocycles. The van der Waals surface area contributed by atoms with Gasteiger partial charge in [0.05, 0.1) is 0 Å². The predicted molar refractivity (Wildman–Crippen MR) is 123 cm³/mol. The van der Waals surface area contributed by atoms with Gasteiger partial charge in [-0.15, -0.1) is 0 Å². The Balaban J connectivity index is 1.97. The van der Waals surface area contributed by atoms with E-state index in [2.05, 4.69) is 42.2 Å². The van der Waals surface area contributed by atoms with E-state index >= 15 is 0 Å². The van der Waals surface area contributed by atoms with Crippen LogP contribution in [0.1, 0.15) is 27.5 Å². The summed E-state index contributed by atoms with van der Waals surface area (Å²) in [6.45, 7) is 0. The maximum absolute atomic E-state index is 13.2. The molecule has 6 rings (SSSR count). The zero-order valence-electron chi connectivity index (χ0n) is 15.8. The summed E-state index contributed by atoms with van der Waals surface area (Å²) in [5.41, 5.74) is 0.435. The van der Waals surface area contributed by atoms with Crippen LogP contribution in [0, 0.1) is 0 Å². The number of imide groups is 1. The number of aromatic hydroxyl groups is 1. The Morgan fingerprint density at radius 1 is 1.03 bits per heavy atom. The van der Waals surface area contributed by atoms with Crippen LogP contribution >= 0.6 is 31.9 Å². The number of fused-ring (bicyclic) bond motifs is 3. The van der Waals surface area contributed by atoms with Crippen molar-refractivity contribution >= 4 is 73.6 Å². The molecule has 1 radical (unpaired) electrons. The molecule has 2 N–H and O–H groups in total. The first kappa shape index (κ1) is 19.5. The van der Waals surface area contributed by atoms with Gasteiger partial charge < -0.3 is 0 Å². The van der Waals surface area contributed by atoms with Crippen molar-refractivity contribution in [3.63, 3.8) is 0 Å². The van der Waals surface area contributed by atoms with Gasteiger partial charge >= 0.3 is 197 Å². The van der Waals surface area contributed by atoms with Crippen LogP contribution in [0.3, 0.4) is 0 Å². The van der Waals surface area contributed by atoms with Crippen LogP contribution in [0.2, 0.25) is 0 Å². The van der Waals surface area contributed by atoms with Crippen LogP contribution < -0.4 is 21.6 Å². The number of carbonyl (C=O) groups excluding carboxylic acids is 2. The summed E-state index contributed by atoms with van der Waals surface area (Å²) in [6, 6.07) is 6.23. The van der Waals surface area contributed by atoms with Crippen LogP contribution in [0.5, 0.6) is 5.88 Å². The van der Waals surface area contributed by atoms with Gasteiger partial charge in [0, 0.05) is 0 Å². The third-order valence-electron chi connectivity index (χ3n) is 5.81. The topological polar surface area (TPSA) is 113 Å². The van der Waals surface area contributed by atoms with Gasteiger partial charge in [-0.25, -0.2) is 0 Å². The van der Waals surface area contributed by atoms with E-state index in [0.29, 0.717) is 19.7 Å². The number of pyridine rings is 1. The fourth-order valence-electron chi connectivity index (χ4n) is 4.52. The second-order valence-corrected chi connectivity index (χ2v) is 8.95. The van der Waals surface area contributed by atoms with Gasteiger partial charge in [0.25, 0.3) is 0 Å². The van der Waals surface area contributed by atoms with Gasteiger partial charge in [-0.2, -0.15) is 0 Å². The number of halogens is 2. The molecule has 0 saturated heterocycles. The molecule has 0 spiro atoms. The molecule has 1 aliphatic carbocycles. The monoisotopic (exact) mass is 549 g/mol. The zero-order valence-corrected chi connectivity index (χ0v) is 19.0. The Morgan fingerprint density at radius 3 is 2.47 bits per heavy atom. The molecule has 153 valence electrons. The molecule has 0 saturated carbocycles. The number of carbonyl (C=O) groups is 2. The number of aromatic nitrogens is 1. The molecule has 3 aromatic rings. The standard InChI is InChI=1S/C21H8BBr2N4O4/c22-5-28-20(31)11-9-8-10(14(23)15(11)24)18(29)27-19(30)12(8)16-17(13(9)21(28)32)26-7-4-2-1-3-6(7)25-16/h1-5,17,32H,(H,27,29,30). The quantitative estimate of drug-likeness (QED) is 0.348. The summed E-state index contributed by atoms with van der Waals surface area (Å²) in [7, 11) is 5.66. The van der Waals surface area contributed by atoms with E-state index in [1.807, 2.05) is 0 Å². The molecule has 3 aliphatic rings. The van der Waals surface area contributed by atoms with E-state index in [-0.39, 0.29) is 38.7 Å². The molecule has 1 atom stereocenters. The van der Waals surface area contributed by atoms with E-state index in [0.717, 1.165) is 10.7 Å². The van der Waals surface area contributed by atoms with Gasteiger partial charge in [0.15, 0.2) is 0 Å². The SMILES string of the molecule is [B]=Cn1c(O)c2c3c4c(c(Br)c(Br)c3c1=O)C(=O)NC(=O)C4=C1N=c3ccccc3=NC12. The number of nitrogens with zero attached hydrogens (tertiary/aromatic N) is 3. The molecular weight excluding hydrogens is 543 g/mol. The Labute approximate surface area is 196 Å². The van der Waals surface area contributed by atoms with Gasteiger partial charge in [0.2, 0.25) is 0 Å². The Morgan fingerprint density at radius 2 is 1.75 bits per heavy atom. The molecule has 0 fully saturated rings. The number of hydrogen-bond acceptors (Lipinski definition) is 6. The normalized spacial score (nSPS) is 17.8. The molecule has 2 aromatic carbocycles. The molecule has 1 aromatic heterocycles. The van der Waals surface area contributed by atoms with Crippen molar-refractivity contribution in [1.29, 1.82) is 0 Å². The Kier molecular flexibility index (Phi) is 3.92. The molecule has 8 nitrogen and oxygen atoms in total. The summed E-state index contributed by atoms with van der Waals surface area (Å²) in [4.78, 5) is 48.5. The van der Waals surface area contributed by atoms with Crippen molar-refractivity contribution in [2.45, 2.75) is 6.04 Å². The van der Waals surface area contributed by atoms with Crippen molar-refractivity contribution in [3.05, 3.63) is 76.7 Å². The Bertz CT molecular complexity index is 1720. The summed E-state index contributed by atoms with van der Waals surface area (Å²) >= 11 is 6.79. The summed E-state index contributed by atoms with van der Waals surface area (Å²) in [5.74, 6) is -1.70. The first-order valence-electron chi connectivity index (χ1n) is 9.34. The number of rotatable bonds is 1. The number of nitrogens with one attached hydrogen (secondary N) is 1. The molecule has 1 unspecified atom stereocenters. The van der Waals surface area contributed by atoms with Crippen molar-refractivity contribution < 1.29 is 14.7 Å². The predicted octanol–water partition coefficient (Wildman–Crippen LogP) is 0.997. The fourth-order valence-corrected chi connectivity index (χ4v) is 5.66. The minimum absolute atomic E-state index is 0.141. The first-order valence-corrected chi connectivity index (χ1v) is 10.9. The van der Waals surface area contributed by atoms with E-state index in [1.165, 1.54) is 0 Å². The van der Waals surface area contributed by atoms with Gasteiger partial charge in [-0.1, -0.05) is 0 Å². The summed E-state index contributed by atoms with van der Waals surface area (Å²) < 4.78 is 1.51. The summed E-state index contributed by atoms with van der Waals surface area (Å²) in [6.07, 6.45) is 0.956. The Hall–Kier alpha value is -3.18. The van der Waals surface area contributed by atoms with Gasteiger partial charge in [-0.05, 0) is 0 Å². The second-order valence-electron chi connectivity index (χ2n) is 7.37. The maximum atomic E-state index is 13.2. The van der Waals surface area contributed by atoms with Crippen molar-refractivity contribution in [2.75, 3.05) is 0 Å². The molecular formula is C21H8BBr2N4O4. The molecule has 32 heavy (non-hydrogen) atoms. The molecule has 11 heteroatoms. The zero-order chi connectivity index (χ0) is 22.5. The number of amides is 2.